The van der Waals surface area contributed by atoms with Crippen LogP contribution in [0.15, 0.2) is 23.8 Å². The van der Waals surface area contributed by atoms with E-state index >= 15 is 0 Å². The quantitative estimate of drug-likeness (QED) is 0.535. The molecule has 2 aliphatic rings. The molecule has 76 valence electrons. The molecule has 0 aliphatic heterocycles. The van der Waals surface area contributed by atoms with Gasteiger partial charge < -0.3 is 0 Å². The molecule has 0 saturated heterocycles. The van der Waals surface area contributed by atoms with Crippen LogP contribution in [0.4, 0.5) is 0 Å². The molecule has 1 fully saturated rings. The number of carbonyl (C=O) groups excluding carboxylic acids is 1. The molecular weight excluding hydrogens is 172 g/mol. The second-order valence-corrected chi connectivity index (χ2v) is 4.85. The van der Waals surface area contributed by atoms with Crippen LogP contribution in [-0.4, -0.2) is 5.78 Å². The maximum Gasteiger partial charge on any atom is 0.155 e. The zero-order chi connectivity index (χ0) is 10.2. The van der Waals surface area contributed by atoms with Gasteiger partial charge in [0, 0.05) is 6.42 Å². The zero-order valence-corrected chi connectivity index (χ0v) is 8.94. The Morgan fingerprint density at radius 3 is 2.79 bits per heavy atom. The van der Waals surface area contributed by atoms with Crippen molar-refractivity contribution in [1.29, 1.82) is 0 Å². The van der Waals surface area contributed by atoms with Gasteiger partial charge in [-0.05, 0) is 50.5 Å². The Kier molecular flexibility index (Phi) is 2.34. The van der Waals surface area contributed by atoms with Crippen LogP contribution in [-0.2, 0) is 4.79 Å². The Labute approximate surface area is 85.9 Å². The van der Waals surface area contributed by atoms with Gasteiger partial charge in [-0.1, -0.05) is 17.7 Å². The first kappa shape index (κ1) is 9.70. The molecular formula is C13H18O. The summed E-state index contributed by atoms with van der Waals surface area (Å²) in [5.41, 5.74) is 2.98. The number of ketones is 1. The van der Waals surface area contributed by atoms with Crippen molar-refractivity contribution in [3.05, 3.63) is 23.8 Å². The van der Waals surface area contributed by atoms with Gasteiger partial charge >= 0.3 is 0 Å². The van der Waals surface area contributed by atoms with Crippen molar-refractivity contribution in [3.8, 4) is 0 Å². The maximum absolute atomic E-state index is 11.3. The summed E-state index contributed by atoms with van der Waals surface area (Å²) in [6, 6.07) is 0. The first-order valence-electron chi connectivity index (χ1n) is 5.51. The predicted octanol–water partition coefficient (Wildman–Crippen LogP) is 3.41. The molecule has 1 spiro atoms. The van der Waals surface area contributed by atoms with E-state index in [0.29, 0.717) is 11.2 Å². The van der Waals surface area contributed by atoms with E-state index in [1.807, 2.05) is 6.08 Å². The molecule has 1 unspecified atom stereocenters. The number of hydrogen-bond acceptors (Lipinski definition) is 1. The van der Waals surface area contributed by atoms with Crippen molar-refractivity contribution < 1.29 is 4.79 Å². The molecule has 2 aliphatic carbocycles. The highest BCUT2D eigenvalue weighted by atomic mass is 16.1. The van der Waals surface area contributed by atoms with Crippen molar-refractivity contribution in [2.75, 3.05) is 0 Å². The minimum Gasteiger partial charge on any atom is -0.295 e. The van der Waals surface area contributed by atoms with E-state index in [0.717, 1.165) is 19.3 Å². The van der Waals surface area contributed by atoms with Crippen molar-refractivity contribution in [2.45, 2.75) is 45.4 Å². The second kappa shape index (κ2) is 3.38. The van der Waals surface area contributed by atoms with Crippen LogP contribution >= 0.6 is 0 Å². The molecule has 0 radical (unpaired) electrons. The summed E-state index contributed by atoms with van der Waals surface area (Å²) < 4.78 is 0. The first-order chi connectivity index (χ1) is 6.62. The third kappa shape index (κ3) is 1.56. The van der Waals surface area contributed by atoms with Crippen molar-refractivity contribution >= 4 is 5.78 Å². The lowest BCUT2D eigenvalue weighted by Gasteiger charge is -2.41. The van der Waals surface area contributed by atoms with Crippen LogP contribution < -0.4 is 0 Å². The largest absolute Gasteiger partial charge is 0.295 e. The van der Waals surface area contributed by atoms with Crippen molar-refractivity contribution in [2.24, 2.45) is 5.41 Å². The normalized spacial score (nSPS) is 33.4. The van der Waals surface area contributed by atoms with E-state index in [9.17, 15) is 4.79 Å². The Balaban J connectivity index is 2.26. The Bertz CT molecular complexity index is 311. The minimum atomic E-state index is 0.309. The van der Waals surface area contributed by atoms with E-state index in [-0.39, 0.29) is 0 Å². The SMILES string of the molecule is C=C1CCCC2(CCC(=O)C=C2C)C1. The van der Waals surface area contributed by atoms with Crippen LogP contribution in [0.3, 0.4) is 0 Å². The topological polar surface area (TPSA) is 17.1 Å². The average Bonchev–Trinajstić information content (AvgIpc) is 2.13. The van der Waals surface area contributed by atoms with Gasteiger partial charge in [-0.3, -0.25) is 4.79 Å². The highest BCUT2D eigenvalue weighted by Crippen LogP contribution is 2.49. The van der Waals surface area contributed by atoms with Gasteiger partial charge in [0.1, 0.15) is 0 Å². The predicted molar refractivity (Wildman–Crippen MR) is 58.0 cm³/mol. The monoisotopic (exact) mass is 190 g/mol. The lowest BCUT2D eigenvalue weighted by molar-refractivity contribution is -0.115. The van der Waals surface area contributed by atoms with Crippen LogP contribution in [0.2, 0.25) is 0 Å². The van der Waals surface area contributed by atoms with Crippen LogP contribution in [0.5, 0.6) is 0 Å². The van der Waals surface area contributed by atoms with E-state index < -0.39 is 0 Å². The standard InChI is InChI=1S/C13H18O/c1-10-4-3-6-13(9-10)7-5-12(14)8-11(13)2/h8H,1,3-7,9H2,2H3. The van der Waals surface area contributed by atoms with E-state index in [2.05, 4.69) is 13.5 Å². The Morgan fingerprint density at radius 2 is 2.14 bits per heavy atom. The van der Waals surface area contributed by atoms with Crippen molar-refractivity contribution in [1.82, 2.24) is 0 Å². The highest BCUT2D eigenvalue weighted by molar-refractivity contribution is 5.91. The highest BCUT2D eigenvalue weighted by Gasteiger charge is 2.37. The van der Waals surface area contributed by atoms with E-state index in [4.69, 9.17) is 0 Å². The van der Waals surface area contributed by atoms with Gasteiger partial charge in [-0.15, -0.1) is 0 Å². The van der Waals surface area contributed by atoms with Gasteiger partial charge in [-0.2, -0.15) is 0 Å². The van der Waals surface area contributed by atoms with Gasteiger partial charge in [0.05, 0.1) is 0 Å². The first-order valence-corrected chi connectivity index (χ1v) is 5.51. The van der Waals surface area contributed by atoms with E-state index in [1.54, 1.807) is 0 Å². The smallest absolute Gasteiger partial charge is 0.155 e. The lowest BCUT2D eigenvalue weighted by Crippen LogP contribution is -2.30. The van der Waals surface area contributed by atoms with Crippen LogP contribution in [0.25, 0.3) is 0 Å². The molecule has 0 heterocycles. The summed E-state index contributed by atoms with van der Waals surface area (Å²) in [6.07, 6.45) is 8.45. The van der Waals surface area contributed by atoms with Crippen LogP contribution in [0.1, 0.15) is 45.4 Å². The molecule has 0 aromatic rings. The summed E-state index contributed by atoms with van der Waals surface area (Å²) in [7, 11) is 0. The fourth-order valence-electron chi connectivity index (χ4n) is 2.91. The molecule has 1 heteroatoms. The average molecular weight is 190 g/mol. The van der Waals surface area contributed by atoms with Gasteiger partial charge in [0.25, 0.3) is 0 Å². The fraction of sp³-hybridized carbons (Fsp3) is 0.615. The minimum absolute atomic E-state index is 0.309. The van der Waals surface area contributed by atoms with Gasteiger partial charge in [0.15, 0.2) is 5.78 Å². The zero-order valence-electron chi connectivity index (χ0n) is 8.94. The maximum atomic E-state index is 11.3. The fourth-order valence-corrected chi connectivity index (χ4v) is 2.91. The molecule has 0 amide bonds. The Hall–Kier alpha value is -0.850. The molecule has 0 aromatic heterocycles. The number of allylic oxidation sites excluding steroid dienone is 3. The third-order valence-electron chi connectivity index (χ3n) is 3.84. The third-order valence-corrected chi connectivity index (χ3v) is 3.84. The lowest BCUT2D eigenvalue weighted by atomic mass is 9.63. The molecule has 14 heavy (non-hydrogen) atoms. The summed E-state index contributed by atoms with van der Waals surface area (Å²) >= 11 is 0. The molecule has 1 saturated carbocycles. The molecule has 1 atom stereocenters. The second-order valence-electron chi connectivity index (χ2n) is 4.85. The summed E-state index contributed by atoms with van der Waals surface area (Å²) in [5, 5.41) is 0. The van der Waals surface area contributed by atoms with Gasteiger partial charge in [-0.25, -0.2) is 0 Å². The van der Waals surface area contributed by atoms with Crippen LogP contribution in [0, 0.1) is 5.41 Å². The number of carbonyl (C=O) groups is 1. The summed E-state index contributed by atoms with van der Waals surface area (Å²) in [5.74, 6) is 0.310. The molecule has 1 nitrogen and oxygen atoms in total. The molecule has 2 rings (SSSR count). The summed E-state index contributed by atoms with van der Waals surface area (Å²) in [6.45, 7) is 6.23. The van der Waals surface area contributed by atoms with Crippen molar-refractivity contribution in [3.63, 3.8) is 0 Å². The molecule has 0 N–H and O–H groups in total. The molecule has 0 bridgehead atoms. The number of rotatable bonds is 0. The summed E-state index contributed by atoms with van der Waals surface area (Å²) in [4.78, 5) is 11.3. The number of hydrogen-bond donors (Lipinski definition) is 0. The van der Waals surface area contributed by atoms with E-state index in [1.165, 1.54) is 30.4 Å². The molecule has 0 aromatic carbocycles. The van der Waals surface area contributed by atoms with Gasteiger partial charge in [0.2, 0.25) is 0 Å². The Morgan fingerprint density at radius 1 is 1.36 bits per heavy atom.